The molecule has 4 nitrogen and oxygen atoms in total. The van der Waals surface area contributed by atoms with Crippen LogP contribution in [0.1, 0.15) is 47.0 Å². The van der Waals surface area contributed by atoms with Crippen LogP contribution in [0.2, 0.25) is 0 Å². The molecule has 1 fully saturated rings. The van der Waals surface area contributed by atoms with Gasteiger partial charge in [0.05, 0.1) is 0 Å². The van der Waals surface area contributed by atoms with Gasteiger partial charge in [0.15, 0.2) is 0 Å². The second-order valence-electron chi connectivity index (χ2n) is 5.60. The minimum atomic E-state index is -0.451. The smallest absolute Gasteiger partial charge is 0.407 e. The quantitative estimate of drug-likeness (QED) is 0.699. The number of hydrogen-bond acceptors (Lipinski definition) is 3. The van der Waals surface area contributed by atoms with Crippen molar-refractivity contribution >= 4 is 6.09 Å². The van der Waals surface area contributed by atoms with Crippen molar-refractivity contribution in [1.82, 2.24) is 5.32 Å². The first-order chi connectivity index (χ1) is 6.71. The highest BCUT2D eigenvalue weighted by Gasteiger charge is 2.36. The number of alkyl carbamates (subject to hydrolysis) is 1. The molecule has 0 heterocycles. The molecule has 4 heteroatoms. The van der Waals surface area contributed by atoms with Crippen LogP contribution < -0.4 is 11.1 Å². The minimum Gasteiger partial charge on any atom is -0.444 e. The van der Waals surface area contributed by atoms with E-state index < -0.39 is 5.60 Å². The highest BCUT2D eigenvalue weighted by molar-refractivity contribution is 5.68. The van der Waals surface area contributed by atoms with Crippen molar-refractivity contribution in [2.24, 2.45) is 5.73 Å². The molecular formula is C11H22N2O2. The molecule has 0 bridgehead atoms. The molecule has 2 atom stereocenters. The molecule has 0 unspecified atom stereocenters. The summed E-state index contributed by atoms with van der Waals surface area (Å²) in [7, 11) is 0. The van der Waals surface area contributed by atoms with E-state index in [-0.39, 0.29) is 17.7 Å². The van der Waals surface area contributed by atoms with E-state index in [9.17, 15) is 4.79 Å². The fourth-order valence-electron chi connectivity index (χ4n) is 1.88. The van der Waals surface area contributed by atoms with Gasteiger partial charge < -0.3 is 15.8 Å². The monoisotopic (exact) mass is 214 g/mol. The van der Waals surface area contributed by atoms with Gasteiger partial charge in [-0.3, -0.25) is 0 Å². The maximum Gasteiger partial charge on any atom is 0.407 e. The van der Waals surface area contributed by atoms with E-state index in [1.54, 1.807) is 0 Å². The molecule has 1 aliphatic rings. The first kappa shape index (κ1) is 12.3. The predicted octanol–water partition coefficient (Wildman–Crippen LogP) is 1.78. The summed E-state index contributed by atoms with van der Waals surface area (Å²) < 4.78 is 5.19. The summed E-state index contributed by atoms with van der Waals surface area (Å²) in [4.78, 5) is 11.5. The van der Waals surface area contributed by atoms with Gasteiger partial charge >= 0.3 is 6.09 Å². The van der Waals surface area contributed by atoms with E-state index in [1.807, 2.05) is 27.7 Å². The van der Waals surface area contributed by atoms with Crippen LogP contribution >= 0.6 is 0 Å². The Kier molecular flexibility index (Phi) is 3.28. The van der Waals surface area contributed by atoms with Crippen LogP contribution in [0, 0.1) is 0 Å². The Bertz CT molecular complexity index is 243. The largest absolute Gasteiger partial charge is 0.444 e. The predicted molar refractivity (Wildman–Crippen MR) is 59.6 cm³/mol. The van der Waals surface area contributed by atoms with Crippen LogP contribution in [0.5, 0.6) is 0 Å². The lowest BCUT2D eigenvalue weighted by Crippen LogP contribution is -2.53. The number of ether oxygens (including phenoxy) is 1. The van der Waals surface area contributed by atoms with Crippen LogP contribution in [-0.2, 0) is 4.74 Å². The SMILES string of the molecule is CC(C)(C)OC(=O)N[C@@H]1CCC[C@@]1(C)N. The Hall–Kier alpha value is -0.770. The van der Waals surface area contributed by atoms with Gasteiger partial charge in [0, 0.05) is 11.6 Å². The first-order valence-electron chi connectivity index (χ1n) is 5.49. The van der Waals surface area contributed by atoms with Gasteiger partial charge in [-0.2, -0.15) is 0 Å². The molecule has 0 saturated heterocycles. The van der Waals surface area contributed by atoms with Gasteiger partial charge in [-0.15, -0.1) is 0 Å². The highest BCUT2D eigenvalue weighted by atomic mass is 16.6. The molecule has 1 saturated carbocycles. The number of carbonyl (C=O) groups is 1. The maximum atomic E-state index is 11.5. The molecule has 0 aromatic carbocycles. The Morgan fingerprint density at radius 3 is 2.53 bits per heavy atom. The molecule has 88 valence electrons. The van der Waals surface area contributed by atoms with E-state index in [4.69, 9.17) is 10.5 Å². The Labute approximate surface area is 91.5 Å². The number of rotatable bonds is 1. The van der Waals surface area contributed by atoms with Gasteiger partial charge in [0.25, 0.3) is 0 Å². The molecule has 15 heavy (non-hydrogen) atoms. The van der Waals surface area contributed by atoms with E-state index in [1.165, 1.54) is 0 Å². The van der Waals surface area contributed by atoms with Crippen LogP contribution in [0.25, 0.3) is 0 Å². The number of nitrogens with one attached hydrogen (secondary N) is 1. The topological polar surface area (TPSA) is 64.3 Å². The van der Waals surface area contributed by atoms with Crippen LogP contribution in [-0.4, -0.2) is 23.3 Å². The average molecular weight is 214 g/mol. The molecule has 0 spiro atoms. The average Bonchev–Trinajstić information content (AvgIpc) is 2.26. The van der Waals surface area contributed by atoms with Crippen LogP contribution in [0.3, 0.4) is 0 Å². The summed E-state index contributed by atoms with van der Waals surface area (Å²) in [5, 5.41) is 2.84. The lowest BCUT2D eigenvalue weighted by Gasteiger charge is -2.29. The molecule has 0 aliphatic heterocycles. The van der Waals surface area contributed by atoms with Crippen molar-refractivity contribution in [3.63, 3.8) is 0 Å². The van der Waals surface area contributed by atoms with E-state index in [2.05, 4.69) is 5.32 Å². The van der Waals surface area contributed by atoms with Crippen molar-refractivity contribution in [2.45, 2.75) is 64.1 Å². The van der Waals surface area contributed by atoms with E-state index >= 15 is 0 Å². The van der Waals surface area contributed by atoms with Crippen molar-refractivity contribution in [2.75, 3.05) is 0 Å². The lowest BCUT2D eigenvalue weighted by atomic mass is 9.98. The first-order valence-corrected chi connectivity index (χ1v) is 5.49. The summed E-state index contributed by atoms with van der Waals surface area (Å²) in [5.74, 6) is 0. The van der Waals surface area contributed by atoms with Crippen LogP contribution in [0.15, 0.2) is 0 Å². The van der Waals surface area contributed by atoms with Crippen molar-refractivity contribution in [3.05, 3.63) is 0 Å². The number of carbonyl (C=O) groups excluding carboxylic acids is 1. The van der Waals surface area contributed by atoms with Gasteiger partial charge in [0.1, 0.15) is 5.60 Å². The molecule has 1 aliphatic carbocycles. The fourth-order valence-corrected chi connectivity index (χ4v) is 1.88. The summed E-state index contributed by atoms with van der Waals surface area (Å²) in [5.41, 5.74) is 5.32. The zero-order chi connectivity index (χ0) is 11.7. The summed E-state index contributed by atoms with van der Waals surface area (Å²) in [6, 6.07) is 0.0346. The standard InChI is InChI=1S/C11H22N2O2/c1-10(2,3)15-9(14)13-8-6-5-7-11(8,4)12/h8H,5-7,12H2,1-4H3,(H,13,14)/t8-,11-/m1/s1. The summed E-state index contributed by atoms with van der Waals surface area (Å²) >= 11 is 0. The molecule has 0 radical (unpaired) electrons. The van der Waals surface area contributed by atoms with E-state index in [0.717, 1.165) is 19.3 Å². The van der Waals surface area contributed by atoms with Gasteiger partial charge in [-0.1, -0.05) is 0 Å². The second-order valence-corrected chi connectivity index (χ2v) is 5.60. The lowest BCUT2D eigenvalue weighted by molar-refractivity contribution is 0.0489. The normalized spacial score (nSPS) is 31.4. The van der Waals surface area contributed by atoms with Gasteiger partial charge in [-0.05, 0) is 47.0 Å². The second kappa shape index (κ2) is 4.00. The van der Waals surface area contributed by atoms with Gasteiger partial charge in [-0.25, -0.2) is 4.79 Å². The fraction of sp³-hybridized carbons (Fsp3) is 0.909. The van der Waals surface area contributed by atoms with Crippen molar-refractivity contribution in [1.29, 1.82) is 0 Å². The highest BCUT2D eigenvalue weighted by Crippen LogP contribution is 2.27. The zero-order valence-corrected chi connectivity index (χ0v) is 10.1. The third-order valence-corrected chi connectivity index (χ3v) is 2.70. The molecule has 1 amide bonds. The van der Waals surface area contributed by atoms with Crippen molar-refractivity contribution in [3.8, 4) is 0 Å². The number of amides is 1. The number of hydrogen-bond donors (Lipinski definition) is 2. The Morgan fingerprint density at radius 1 is 1.53 bits per heavy atom. The Morgan fingerprint density at radius 2 is 2.13 bits per heavy atom. The molecule has 0 aromatic rings. The molecule has 3 N–H and O–H groups in total. The van der Waals surface area contributed by atoms with Crippen molar-refractivity contribution < 1.29 is 9.53 Å². The third-order valence-electron chi connectivity index (χ3n) is 2.70. The van der Waals surface area contributed by atoms with Gasteiger partial charge in [0.2, 0.25) is 0 Å². The molecular weight excluding hydrogens is 192 g/mol. The maximum absolute atomic E-state index is 11.5. The van der Waals surface area contributed by atoms with E-state index in [0.29, 0.717) is 0 Å². The van der Waals surface area contributed by atoms with Crippen LogP contribution in [0.4, 0.5) is 4.79 Å². The molecule has 1 rings (SSSR count). The number of nitrogens with two attached hydrogens (primary N) is 1. The molecule has 0 aromatic heterocycles. The summed E-state index contributed by atoms with van der Waals surface area (Å²) in [6.07, 6.45) is 2.58. The third kappa shape index (κ3) is 3.70. The Balaban J connectivity index is 2.45. The summed E-state index contributed by atoms with van der Waals surface area (Å²) in [6.45, 7) is 7.52. The minimum absolute atomic E-state index is 0.0346. The zero-order valence-electron chi connectivity index (χ0n) is 10.1.